The average Bonchev–Trinajstić information content (AvgIpc) is 2.35. The number of hydrogen-bond acceptors (Lipinski definition) is 2. The van der Waals surface area contributed by atoms with Crippen molar-refractivity contribution < 1.29 is 5.21 Å². The first kappa shape index (κ1) is 5.22. The third kappa shape index (κ3) is 0.500. The van der Waals surface area contributed by atoms with E-state index in [0.29, 0.717) is 11.3 Å². The number of nitrogens with zero attached hydrogens (tertiary/aromatic N) is 1. The second kappa shape index (κ2) is 1.47. The number of hydrogen-bond donors (Lipinski definition) is 3. The van der Waals surface area contributed by atoms with Gasteiger partial charge in [-0.1, -0.05) is 0 Å². The van der Waals surface area contributed by atoms with Gasteiger partial charge in [0.2, 0.25) is 0 Å². The lowest BCUT2D eigenvalue weighted by Crippen LogP contribution is -1.84. The van der Waals surface area contributed by atoms with Crippen LogP contribution in [0.1, 0.15) is 0 Å². The summed E-state index contributed by atoms with van der Waals surface area (Å²) in [6.07, 6.45) is 1.56. The Hall–Kier alpha value is -1.58. The van der Waals surface area contributed by atoms with E-state index < -0.39 is 0 Å². The van der Waals surface area contributed by atoms with Crippen molar-refractivity contribution in [2.45, 2.75) is 0 Å². The molecule has 0 aliphatic carbocycles. The molecule has 0 atom stereocenters. The predicted molar refractivity (Wildman–Crippen MR) is 37.9 cm³/mol. The third-order valence-electron chi connectivity index (χ3n) is 1.48. The molecule has 10 heavy (non-hydrogen) atoms. The van der Waals surface area contributed by atoms with Crippen LogP contribution in [0.25, 0.3) is 11.0 Å². The molecule has 0 bridgehead atoms. The average molecular weight is 137 g/mol. The lowest BCUT2D eigenvalue weighted by molar-refractivity contribution is 0.200. The molecular weight excluding hydrogens is 130 g/mol. The molecule has 4 heteroatoms. The number of aromatic amines is 1. The molecule has 0 unspecified atom stereocenters. The molecule has 4 nitrogen and oxygen atoms in total. The minimum absolute atomic E-state index is 0.563. The van der Waals surface area contributed by atoms with Gasteiger partial charge in [-0.2, -0.15) is 4.73 Å². The van der Waals surface area contributed by atoms with Gasteiger partial charge in [0, 0.05) is 12.3 Å². The van der Waals surface area contributed by atoms with Gasteiger partial charge in [-0.05, 0) is 6.07 Å². The second-order valence-electron chi connectivity index (χ2n) is 2.18. The largest absolute Gasteiger partial charge is 0.428 e. The maximum Gasteiger partial charge on any atom is 0.106 e. The normalized spacial score (nSPS) is 10.8. The highest BCUT2D eigenvalue weighted by molar-refractivity contribution is 5.80. The lowest BCUT2D eigenvalue weighted by Gasteiger charge is -1.85. The van der Waals surface area contributed by atoms with E-state index in [4.69, 9.17) is 10.9 Å². The first-order valence-corrected chi connectivity index (χ1v) is 2.92. The first-order chi connectivity index (χ1) is 4.77. The maximum atomic E-state index is 9.07. The van der Waals surface area contributed by atoms with Crippen LogP contribution in [0, 0.1) is 0 Å². The van der Waals surface area contributed by atoms with Gasteiger partial charge < -0.3 is 15.9 Å². The molecule has 2 rings (SSSR count). The van der Waals surface area contributed by atoms with Crippen LogP contribution in [0.2, 0.25) is 0 Å². The number of nitrogens with one attached hydrogen (secondary N) is 1. The Bertz CT molecular complexity index is 360. The van der Waals surface area contributed by atoms with Crippen LogP contribution in [0.4, 0.5) is 5.82 Å². The first-order valence-electron chi connectivity index (χ1n) is 2.92. The highest BCUT2D eigenvalue weighted by Gasteiger charge is 2.00. The SMILES string of the molecule is Nc1cc2c(ccn2O)[nH]1. The minimum atomic E-state index is 0.563. The Kier molecular flexibility index (Phi) is 0.768. The molecule has 0 saturated heterocycles. The molecule has 52 valence electrons. The van der Waals surface area contributed by atoms with Gasteiger partial charge in [-0.3, -0.25) is 0 Å². The number of aromatic nitrogens is 2. The zero-order chi connectivity index (χ0) is 7.14. The van der Waals surface area contributed by atoms with Crippen molar-refractivity contribution in [1.82, 2.24) is 9.71 Å². The summed E-state index contributed by atoms with van der Waals surface area (Å²) >= 11 is 0. The summed E-state index contributed by atoms with van der Waals surface area (Å²) in [6, 6.07) is 3.43. The Labute approximate surface area is 56.8 Å². The molecule has 0 saturated carbocycles. The van der Waals surface area contributed by atoms with Gasteiger partial charge in [0.15, 0.2) is 0 Å². The Morgan fingerprint density at radius 2 is 2.40 bits per heavy atom. The summed E-state index contributed by atoms with van der Waals surface area (Å²) in [5.74, 6) is 0.563. The highest BCUT2D eigenvalue weighted by atomic mass is 16.5. The van der Waals surface area contributed by atoms with E-state index >= 15 is 0 Å². The molecule has 4 N–H and O–H groups in total. The molecule has 0 spiro atoms. The third-order valence-corrected chi connectivity index (χ3v) is 1.48. The number of rotatable bonds is 0. The smallest absolute Gasteiger partial charge is 0.106 e. The zero-order valence-electron chi connectivity index (χ0n) is 5.20. The molecule has 2 heterocycles. The van der Waals surface area contributed by atoms with E-state index in [9.17, 15) is 0 Å². The van der Waals surface area contributed by atoms with Crippen molar-refractivity contribution in [3.8, 4) is 0 Å². The van der Waals surface area contributed by atoms with Crippen LogP contribution in [0.3, 0.4) is 0 Å². The van der Waals surface area contributed by atoms with Crippen molar-refractivity contribution in [2.24, 2.45) is 0 Å². The van der Waals surface area contributed by atoms with Crippen molar-refractivity contribution >= 4 is 16.9 Å². The molecule has 2 aromatic rings. The molecule has 0 radical (unpaired) electrons. The van der Waals surface area contributed by atoms with Crippen molar-refractivity contribution in [3.05, 3.63) is 18.3 Å². The van der Waals surface area contributed by atoms with Gasteiger partial charge in [-0.25, -0.2) is 0 Å². The van der Waals surface area contributed by atoms with Gasteiger partial charge in [0.1, 0.15) is 11.3 Å². The standard InChI is InChI=1S/C6H7N3O/c7-6-3-5-4(8-6)1-2-9(5)10/h1-3,8,10H,7H2. The van der Waals surface area contributed by atoms with Crippen LogP contribution in [0.5, 0.6) is 0 Å². The number of anilines is 1. The fraction of sp³-hybridized carbons (Fsp3) is 0. The summed E-state index contributed by atoms with van der Waals surface area (Å²) in [5, 5.41) is 9.07. The quantitative estimate of drug-likeness (QED) is 0.470. The van der Waals surface area contributed by atoms with E-state index in [2.05, 4.69) is 4.98 Å². The van der Waals surface area contributed by atoms with Crippen LogP contribution in [-0.4, -0.2) is 14.9 Å². The van der Waals surface area contributed by atoms with Crippen LogP contribution < -0.4 is 5.73 Å². The Balaban J connectivity index is 2.90. The fourth-order valence-electron chi connectivity index (χ4n) is 1.02. The van der Waals surface area contributed by atoms with E-state index in [0.717, 1.165) is 10.2 Å². The van der Waals surface area contributed by atoms with E-state index in [-0.39, 0.29) is 0 Å². The molecule has 2 aromatic heterocycles. The molecule has 0 aromatic carbocycles. The maximum absolute atomic E-state index is 9.07. The molecular formula is C6H7N3O. The Morgan fingerprint density at radius 1 is 1.60 bits per heavy atom. The number of nitrogen functional groups attached to an aromatic ring is 1. The summed E-state index contributed by atoms with van der Waals surface area (Å²) in [6.45, 7) is 0. The summed E-state index contributed by atoms with van der Waals surface area (Å²) in [7, 11) is 0. The summed E-state index contributed by atoms with van der Waals surface area (Å²) in [4.78, 5) is 2.88. The molecule has 0 aliphatic rings. The lowest BCUT2D eigenvalue weighted by atomic mass is 10.5. The van der Waals surface area contributed by atoms with Crippen LogP contribution in [0.15, 0.2) is 18.3 Å². The molecule has 0 aliphatic heterocycles. The number of fused-ring (bicyclic) bond motifs is 1. The van der Waals surface area contributed by atoms with E-state index in [1.54, 1.807) is 18.3 Å². The van der Waals surface area contributed by atoms with Crippen LogP contribution >= 0.6 is 0 Å². The summed E-state index contributed by atoms with van der Waals surface area (Å²) in [5.41, 5.74) is 6.98. The number of nitrogens with two attached hydrogens (primary N) is 1. The van der Waals surface area contributed by atoms with Gasteiger partial charge in [0.25, 0.3) is 0 Å². The number of H-pyrrole nitrogens is 1. The predicted octanol–water partition coefficient (Wildman–Crippen LogP) is 0.789. The van der Waals surface area contributed by atoms with Crippen molar-refractivity contribution in [1.29, 1.82) is 0 Å². The van der Waals surface area contributed by atoms with Crippen molar-refractivity contribution in [3.63, 3.8) is 0 Å². The minimum Gasteiger partial charge on any atom is -0.428 e. The van der Waals surface area contributed by atoms with Crippen LogP contribution in [-0.2, 0) is 0 Å². The van der Waals surface area contributed by atoms with E-state index in [1.807, 2.05) is 0 Å². The summed E-state index contributed by atoms with van der Waals surface area (Å²) < 4.78 is 1.03. The Morgan fingerprint density at radius 3 is 3.10 bits per heavy atom. The fourth-order valence-corrected chi connectivity index (χ4v) is 1.02. The van der Waals surface area contributed by atoms with Gasteiger partial charge in [-0.15, -0.1) is 0 Å². The van der Waals surface area contributed by atoms with Gasteiger partial charge in [0.05, 0.1) is 5.52 Å². The van der Waals surface area contributed by atoms with E-state index in [1.165, 1.54) is 0 Å². The highest BCUT2D eigenvalue weighted by Crippen LogP contribution is 2.15. The molecule has 0 amide bonds. The molecule has 0 fully saturated rings. The topological polar surface area (TPSA) is 67.0 Å². The van der Waals surface area contributed by atoms with Crippen molar-refractivity contribution in [2.75, 3.05) is 5.73 Å². The zero-order valence-corrected chi connectivity index (χ0v) is 5.20. The monoisotopic (exact) mass is 137 g/mol. The van der Waals surface area contributed by atoms with Gasteiger partial charge >= 0.3 is 0 Å². The second-order valence-corrected chi connectivity index (χ2v) is 2.18.